The van der Waals surface area contributed by atoms with Gasteiger partial charge in [0.25, 0.3) is 0 Å². The molecule has 4 heteroatoms. The summed E-state index contributed by atoms with van der Waals surface area (Å²) in [4.78, 5) is 0. The van der Waals surface area contributed by atoms with Crippen LogP contribution in [0, 0.1) is 0 Å². The van der Waals surface area contributed by atoms with Crippen LogP contribution in [0.15, 0.2) is 28.7 Å². The van der Waals surface area contributed by atoms with Crippen molar-refractivity contribution in [1.29, 1.82) is 0 Å². The lowest BCUT2D eigenvalue weighted by Gasteiger charge is -2.21. The van der Waals surface area contributed by atoms with Crippen LogP contribution in [0.5, 0.6) is 0 Å². The molecular formula is C14H22BrNO2. The van der Waals surface area contributed by atoms with Gasteiger partial charge in [0.15, 0.2) is 6.29 Å². The SMILES string of the molecule is CCOC(CNC(C)c1ccccc1Br)OCC. The van der Waals surface area contributed by atoms with E-state index in [2.05, 4.69) is 40.3 Å². The maximum atomic E-state index is 5.50. The summed E-state index contributed by atoms with van der Waals surface area (Å²) in [5.74, 6) is 0. The van der Waals surface area contributed by atoms with E-state index < -0.39 is 0 Å². The third-order valence-electron chi connectivity index (χ3n) is 2.67. The van der Waals surface area contributed by atoms with Crippen molar-refractivity contribution in [3.05, 3.63) is 34.3 Å². The van der Waals surface area contributed by atoms with E-state index in [1.807, 2.05) is 26.0 Å². The monoisotopic (exact) mass is 315 g/mol. The molecular weight excluding hydrogens is 294 g/mol. The summed E-state index contributed by atoms with van der Waals surface area (Å²) >= 11 is 3.56. The number of rotatable bonds is 8. The van der Waals surface area contributed by atoms with Gasteiger partial charge in [-0.15, -0.1) is 0 Å². The van der Waals surface area contributed by atoms with Gasteiger partial charge in [-0.25, -0.2) is 0 Å². The molecule has 0 amide bonds. The van der Waals surface area contributed by atoms with E-state index in [0.29, 0.717) is 19.8 Å². The summed E-state index contributed by atoms with van der Waals surface area (Å²) in [5.41, 5.74) is 1.24. The molecule has 0 spiro atoms. The van der Waals surface area contributed by atoms with Gasteiger partial charge in [-0.1, -0.05) is 34.1 Å². The Kier molecular flexibility index (Phi) is 7.51. The number of benzene rings is 1. The van der Waals surface area contributed by atoms with Crippen LogP contribution in [0.3, 0.4) is 0 Å². The molecule has 0 aromatic heterocycles. The number of hydrogen-bond donors (Lipinski definition) is 1. The number of hydrogen-bond acceptors (Lipinski definition) is 3. The first-order valence-electron chi connectivity index (χ1n) is 6.40. The highest BCUT2D eigenvalue weighted by molar-refractivity contribution is 9.10. The molecule has 0 aliphatic heterocycles. The van der Waals surface area contributed by atoms with Crippen molar-refractivity contribution in [3.8, 4) is 0 Å². The van der Waals surface area contributed by atoms with Gasteiger partial charge >= 0.3 is 0 Å². The standard InChI is InChI=1S/C14H22BrNO2/c1-4-17-14(18-5-2)10-16-11(3)12-8-6-7-9-13(12)15/h6-9,11,14,16H,4-5,10H2,1-3H3. The predicted octanol–water partition coefficient (Wildman–Crippen LogP) is 3.50. The van der Waals surface area contributed by atoms with Crippen LogP contribution in [0.1, 0.15) is 32.4 Å². The van der Waals surface area contributed by atoms with E-state index >= 15 is 0 Å². The average Bonchev–Trinajstić information content (AvgIpc) is 2.36. The lowest BCUT2D eigenvalue weighted by Crippen LogP contribution is -2.33. The molecule has 0 aliphatic carbocycles. The Bertz CT molecular complexity index is 340. The van der Waals surface area contributed by atoms with Crippen LogP contribution in [-0.4, -0.2) is 26.0 Å². The zero-order valence-electron chi connectivity index (χ0n) is 11.3. The fraction of sp³-hybridized carbons (Fsp3) is 0.571. The molecule has 0 fully saturated rings. The Balaban J connectivity index is 2.49. The van der Waals surface area contributed by atoms with Crippen LogP contribution in [-0.2, 0) is 9.47 Å². The van der Waals surface area contributed by atoms with Gasteiger partial charge in [0, 0.05) is 30.3 Å². The minimum absolute atomic E-state index is 0.176. The van der Waals surface area contributed by atoms with Crippen LogP contribution in [0.2, 0.25) is 0 Å². The molecule has 1 rings (SSSR count). The van der Waals surface area contributed by atoms with Crippen molar-refractivity contribution in [2.45, 2.75) is 33.1 Å². The summed E-state index contributed by atoms with van der Waals surface area (Å²) in [7, 11) is 0. The zero-order valence-corrected chi connectivity index (χ0v) is 12.9. The molecule has 1 N–H and O–H groups in total. The van der Waals surface area contributed by atoms with Crippen LogP contribution in [0.4, 0.5) is 0 Å². The number of halogens is 1. The van der Waals surface area contributed by atoms with Crippen LogP contribution >= 0.6 is 15.9 Å². The minimum atomic E-state index is -0.176. The number of nitrogens with one attached hydrogen (secondary N) is 1. The van der Waals surface area contributed by atoms with Gasteiger partial charge in [0.2, 0.25) is 0 Å². The maximum absolute atomic E-state index is 5.50. The first kappa shape index (κ1) is 15.6. The molecule has 1 atom stereocenters. The summed E-state index contributed by atoms with van der Waals surface area (Å²) in [5, 5.41) is 3.43. The van der Waals surface area contributed by atoms with Gasteiger partial charge in [0.1, 0.15) is 0 Å². The summed E-state index contributed by atoms with van der Waals surface area (Å²) in [6.45, 7) is 8.09. The smallest absolute Gasteiger partial charge is 0.169 e. The summed E-state index contributed by atoms with van der Waals surface area (Å²) in [6.07, 6.45) is -0.176. The number of ether oxygens (including phenoxy) is 2. The molecule has 0 bridgehead atoms. The Labute approximate surface area is 118 Å². The third kappa shape index (κ3) is 5.06. The van der Waals surface area contributed by atoms with Crippen LogP contribution in [0.25, 0.3) is 0 Å². The zero-order chi connectivity index (χ0) is 13.4. The molecule has 1 unspecified atom stereocenters. The van der Waals surface area contributed by atoms with Crippen molar-refractivity contribution in [2.75, 3.05) is 19.8 Å². The third-order valence-corrected chi connectivity index (χ3v) is 3.39. The Morgan fingerprint density at radius 3 is 2.33 bits per heavy atom. The Hall–Kier alpha value is -0.420. The van der Waals surface area contributed by atoms with Crippen molar-refractivity contribution in [2.24, 2.45) is 0 Å². The molecule has 3 nitrogen and oxygen atoms in total. The fourth-order valence-corrected chi connectivity index (χ4v) is 2.38. The first-order valence-corrected chi connectivity index (χ1v) is 7.19. The lowest BCUT2D eigenvalue weighted by atomic mass is 10.1. The molecule has 0 radical (unpaired) electrons. The van der Waals surface area contributed by atoms with E-state index in [0.717, 1.165) is 4.47 Å². The second-order valence-electron chi connectivity index (χ2n) is 3.99. The van der Waals surface area contributed by atoms with Gasteiger partial charge in [-0.3, -0.25) is 0 Å². The minimum Gasteiger partial charge on any atom is -0.352 e. The normalized spacial score (nSPS) is 12.9. The summed E-state index contributed by atoms with van der Waals surface area (Å²) < 4.78 is 12.1. The highest BCUT2D eigenvalue weighted by atomic mass is 79.9. The fourth-order valence-electron chi connectivity index (χ4n) is 1.75. The van der Waals surface area contributed by atoms with Crippen LogP contribution < -0.4 is 5.32 Å². The molecule has 0 heterocycles. The molecule has 0 saturated carbocycles. The van der Waals surface area contributed by atoms with E-state index in [4.69, 9.17) is 9.47 Å². The lowest BCUT2D eigenvalue weighted by molar-refractivity contribution is -0.133. The Morgan fingerprint density at radius 2 is 1.78 bits per heavy atom. The largest absolute Gasteiger partial charge is 0.352 e. The first-order chi connectivity index (χ1) is 8.69. The van der Waals surface area contributed by atoms with E-state index in [9.17, 15) is 0 Å². The van der Waals surface area contributed by atoms with Gasteiger partial charge in [0.05, 0.1) is 0 Å². The maximum Gasteiger partial charge on any atom is 0.169 e. The quantitative estimate of drug-likeness (QED) is 0.745. The highest BCUT2D eigenvalue weighted by Gasteiger charge is 2.12. The Morgan fingerprint density at radius 1 is 1.17 bits per heavy atom. The topological polar surface area (TPSA) is 30.5 Å². The van der Waals surface area contributed by atoms with Crippen molar-refractivity contribution in [3.63, 3.8) is 0 Å². The van der Waals surface area contributed by atoms with Crippen molar-refractivity contribution >= 4 is 15.9 Å². The highest BCUT2D eigenvalue weighted by Crippen LogP contribution is 2.22. The molecule has 1 aromatic rings. The van der Waals surface area contributed by atoms with Gasteiger partial charge in [-0.05, 0) is 32.4 Å². The second-order valence-corrected chi connectivity index (χ2v) is 4.85. The van der Waals surface area contributed by atoms with E-state index in [1.54, 1.807) is 0 Å². The molecule has 0 aliphatic rings. The average molecular weight is 316 g/mol. The molecule has 1 aromatic carbocycles. The summed E-state index contributed by atoms with van der Waals surface area (Å²) in [6, 6.07) is 8.47. The van der Waals surface area contributed by atoms with E-state index in [1.165, 1.54) is 5.56 Å². The molecule has 102 valence electrons. The van der Waals surface area contributed by atoms with Crippen molar-refractivity contribution in [1.82, 2.24) is 5.32 Å². The molecule has 0 saturated heterocycles. The van der Waals surface area contributed by atoms with Gasteiger partial charge < -0.3 is 14.8 Å². The second kappa shape index (κ2) is 8.64. The van der Waals surface area contributed by atoms with Crippen molar-refractivity contribution < 1.29 is 9.47 Å². The van der Waals surface area contributed by atoms with Gasteiger partial charge in [-0.2, -0.15) is 0 Å². The van der Waals surface area contributed by atoms with E-state index in [-0.39, 0.29) is 12.3 Å². The molecule has 18 heavy (non-hydrogen) atoms. The predicted molar refractivity (Wildman–Crippen MR) is 77.6 cm³/mol.